The standard InChI is InChI=1S/C12H16ClN3/c1-3-5-16(6-4-2)12-11(13)7-10(8-14)9-15-12/h1,7,9H,4-6,8,14H2,2H3. The van der Waals surface area contributed by atoms with Gasteiger partial charge >= 0.3 is 0 Å². The van der Waals surface area contributed by atoms with Crippen LogP contribution in [0.25, 0.3) is 0 Å². The van der Waals surface area contributed by atoms with Crippen LogP contribution in [0.1, 0.15) is 18.9 Å². The van der Waals surface area contributed by atoms with E-state index in [1.54, 1.807) is 6.20 Å². The molecule has 0 radical (unpaired) electrons. The summed E-state index contributed by atoms with van der Waals surface area (Å²) in [5.41, 5.74) is 6.44. The van der Waals surface area contributed by atoms with Gasteiger partial charge in [-0.05, 0) is 18.1 Å². The summed E-state index contributed by atoms with van der Waals surface area (Å²) in [6, 6.07) is 1.84. The predicted molar refractivity (Wildman–Crippen MR) is 68.5 cm³/mol. The number of nitrogens with two attached hydrogens (primary N) is 1. The van der Waals surface area contributed by atoms with E-state index < -0.39 is 0 Å². The normalized spacial score (nSPS) is 9.88. The Balaban J connectivity index is 2.96. The van der Waals surface area contributed by atoms with Gasteiger partial charge in [-0.15, -0.1) is 6.42 Å². The molecule has 0 fully saturated rings. The summed E-state index contributed by atoms with van der Waals surface area (Å²) in [6.45, 7) is 3.89. The molecule has 0 unspecified atom stereocenters. The van der Waals surface area contributed by atoms with Gasteiger partial charge in [0.1, 0.15) is 5.82 Å². The molecule has 0 aliphatic rings. The number of hydrogen-bond donors (Lipinski definition) is 1. The summed E-state index contributed by atoms with van der Waals surface area (Å²) < 4.78 is 0. The minimum Gasteiger partial charge on any atom is -0.344 e. The first-order valence-electron chi connectivity index (χ1n) is 5.25. The highest BCUT2D eigenvalue weighted by Crippen LogP contribution is 2.23. The fraction of sp³-hybridized carbons (Fsp3) is 0.417. The molecule has 2 N–H and O–H groups in total. The van der Waals surface area contributed by atoms with Crippen molar-refractivity contribution in [1.29, 1.82) is 0 Å². The Kier molecular flexibility index (Phi) is 5.10. The fourth-order valence-electron chi connectivity index (χ4n) is 1.45. The highest BCUT2D eigenvalue weighted by Gasteiger charge is 2.10. The van der Waals surface area contributed by atoms with Gasteiger partial charge in [0.2, 0.25) is 0 Å². The fourth-order valence-corrected chi connectivity index (χ4v) is 1.76. The molecule has 0 aromatic carbocycles. The lowest BCUT2D eigenvalue weighted by Crippen LogP contribution is -2.25. The number of anilines is 1. The second kappa shape index (κ2) is 6.37. The highest BCUT2D eigenvalue weighted by molar-refractivity contribution is 6.33. The van der Waals surface area contributed by atoms with E-state index in [-0.39, 0.29) is 0 Å². The summed E-state index contributed by atoms with van der Waals surface area (Å²) in [6.07, 6.45) is 8.06. The van der Waals surface area contributed by atoms with Crippen molar-refractivity contribution in [1.82, 2.24) is 4.98 Å². The Hall–Kier alpha value is -1.24. The molecule has 1 rings (SSSR count). The smallest absolute Gasteiger partial charge is 0.148 e. The van der Waals surface area contributed by atoms with Gasteiger partial charge in [0.25, 0.3) is 0 Å². The SMILES string of the molecule is C#CCN(CCC)c1ncc(CN)cc1Cl. The Labute approximate surface area is 102 Å². The third-order valence-electron chi connectivity index (χ3n) is 2.19. The zero-order valence-corrected chi connectivity index (χ0v) is 10.2. The Bertz CT molecular complexity index is 384. The average molecular weight is 238 g/mol. The van der Waals surface area contributed by atoms with Crippen LogP contribution in [0, 0.1) is 12.3 Å². The molecule has 1 heterocycles. The lowest BCUT2D eigenvalue weighted by atomic mass is 10.2. The first kappa shape index (κ1) is 12.8. The number of rotatable bonds is 5. The topological polar surface area (TPSA) is 42.2 Å². The number of pyridine rings is 1. The molecule has 0 spiro atoms. The van der Waals surface area contributed by atoms with Gasteiger partial charge in [-0.1, -0.05) is 24.4 Å². The number of aromatic nitrogens is 1. The van der Waals surface area contributed by atoms with Crippen molar-refractivity contribution in [3.63, 3.8) is 0 Å². The second-order valence-electron chi connectivity index (χ2n) is 3.48. The van der Waals surface area contributed by atoms with Crippen LogP contribution in [-0.2, 0) is 6.54 Å². The van der Waals surface area contributed by atoms with Gasteiger partial charge in [0.15, 0.2) is 0 Å². The lowest BCUT2D eigenvalue weighted by molar-refractivity contribution is 0.807. The molecule has 16 heavy (non-hydrogen) atoms. The van der Waals surface area contributed by atoms with Crippen LogP contribution in [0.5, 0.6) is 0 Å². The molecule has 1 aromatic heterocycles. The van der Waals surface area contributed by atoms with E-state index in [9.17, 15) is 0 Å². The van der Waals surface area contributed by atoms with E-state index >= 15 is 0 Å². The van der Waals surface area contributed by atoms with E-state index in [0.717, 1.165) is 24.3 Å². The maximum atomic E-state index is 6.15. The summed E-state index contributed by atoms with van der Waals surface area (Å²) >= 11 is 6.15. The minimum absolute atomic E-state index is 0.440. The molecule has 86 valence electrons. The Morgan fingerprint density at radius 3 is 2.88 bits per heavy atom. The zero-order chi connectivity index (χ0) is 12.0. The van der Waals surface area contributed by atoms with Gasteiger partial charge in [0, 0.05) is 19.3 Å². The highest BCUT2D eigenvalue weighted by atomic mass is 35.5. The summed E-state index contributed by atoms with van der Waals surface area (Å²) in [7, 11) is 0. The molecular formula is C12H16ClN3. The number of nitrogens with zero attached hydrogens (tertiary/aromatic N) is 2. The van der Waals surface area contributed by atoms with Gasteiger partial charge in [-0.3, -0.25) is 0 Å². The average Bonchev–Trinajstić information content (AvgIpc) is 2.29. The molecule has 4 heteroatoms. The zero-order valence-electron chi connectivity index (χ0n) is 9.41. The van der Waals surface area contributed by atoms with E-state index in [2.05, 4.69) is 17.8 Å². The van der Waals surface area contributed by atoms with Crippen LogP contribution in [0.15, 0.2) is 12.3 Å². The molecule has 0 saturated carbocycles. The van der Waals surface area contributed by atoms with Crippen LogP contribution in [0.2, 0.25) is 5.02 Å². The maximum absolute atomic E-state index is 6.15. The molecule has 0 aliphatic heterocycles. The number of hydrogen-bond acceptors (Lipinski definition) is 3. The van der Waals surface area contributed by atoms with Crippen molar-refractivity contribution >= 4 is 17.4 Å². The third kappa shape index (κ3) is 3.13. The summed E-state index contributed by atoms with van der Waals surface area (Å²) in [4.78, 5) is 6.29. The van der Waals surface area contributed by atoms with Crippen LogP contribution >= 0.6 is 11.6 Å². The molecule has 3 nitrogen and oxygen atoms in total. The van der Waals surface area contributed by atoms with E-state index in [1.807, 2.05) is 11.0 Å². The van der Waals surface area contributed by atoms with Gasteiger partial charge < -0.3 is 10.6 Å². The van der Waals surface area contributed by atoms with Crippen LogP contribution in [0.4, 0.5) is 5.82 Å². The molecule has 0 saturated heterocycles. The first-order valence-corrected chi connectivity index (χ1v) is 5.63. The predicted octanol–water partition coefficient (Wildman–Crippen LogP) is 2.04. The van der Waals surface area contributed by atoms with E-state index in [1.165, 1.54) is 0 Å². The van der Waals surface area contributed by atoms with Gasteiger partial charge in [-0.25, -0.2) is 4.98 Å². The van der Waals surface area contributed by atoms with Crippen LogP contribution < -0.4 is 10.6 Å². The van der Waals surface area contributed by atoms with Crippen molar-refractivity contribution in [2.45, 2.75) is 19.9 Å². The van der Waals surface area contributed by atoms with Gasteiger partial charge in [0.05, 0.1) is 11.6 Å². The molecule has 1 aromatic rings. The minimum atomic E-state index is 0.440. The van der Waals surface area contributed by atoms with Crippen molar-refractivity contribution < 1.29 is 0 Å². The second-order valence-corrected chi connectivity index (χ2v) is 3.89. The van der Waals surface area contributed by atoms with Crippen LogP contribution in [-0.4, -0.2) is 18.1 Å². The molecular weight excluding hydrogens is 222 g/mol. The Morgan fingerprint density at radius 1 is 1.62 bits per heavy atom. The molecule has 0 atom stereocenters. The Morgan fingerprint density at radius 2 is 2.38 bits per heavy atom. The van der Waals surface area contributed by atoms with Crippen molar-refractivity contribution in [2.75, 3.05) is 18.0 Å². The molecule has 0 amide bonds. The van der Waals surface area contributed by atoms with E-state index in [4.69, 9.17) is 23.8 Å². The van der Waals surface area contributed by atoms with E-state index in [0.29, 0.717) is 18.1 Å². The monoisotopic (exact) mass is 237 g/mol. The third-order valence-corrected chi connectivity index (χ3v) is 2.47. The molecule has 0 aliphatic carbocycles. The summed E-state index contributed by atoms with van der Waals surface area (Å²) in [5, 5.41) is 0.603. The van der Waals surface area contributed by atoms with Crippen LogP contribution in [0.3, 0.4) is 0 Å². The molecule has 0 bridgehead atoms. The van der Waals surface area contributed by atoms with Crippen molar-refractivity contribution in [3.8, 4) is 12.3 Å². The van der Waals surface area contributed by atoms with Gasteiger partial charge in [-0.2, -0.15) is 0 Å². The summed E-state index contributed by atoms with van der Waals surface area (Å²) in [5.74, 6) is 3.34. The maximum Gasteiger partial charge on any atom is 0.148 e. The first-order chi connectivity index (χ1) is 7.72. The largest absolute Gasteiger partial charge is 0.344 e. The number of halogens is 1. The number of terminal acetylenes is 1. The van der Waals surface area contributed by atoms with Crippen molar-refractivity contribution in [3.05, 3.63) is 22.8 Å². The quantitative estimate of drug-likeness (QED) is 0.797. The van der Waals surface area contributed by atoms with Crippen molar-refractivity contribution in [2.24, 2.45) is 5.73 Å². The lowest BCUT2D eigenvalue weighted by Gasteiger charge is -2.21.